The van der Waals surface area contributed by atoms with E-state index in [4.69, 9.17) is 23.5 Å². The van der Waals surface area contributed by atoms with Gasteiger partial charge in [-0.1, -0.05) is 48.5 Å². The van der Waals surface area contributed by atoms with Crippen LogP contribution in [0, 0.1) is 6.92 Å². The van der Waals surface area contributed by atoms with Crippen LogP contribution < -0.4 is 29.6 Å². The first-order chi connectivity index (χ1) is 27.8. The molecule has 0 aliphatic carbocycles. The molecular weight excluding hydrogens is 730 g/mol. The largest absolute Gasteiger partial charge is 0.493 e. The molecule has 2 heterocycles. The molecule has 6 rings (SSSR count). The smallest absolute Gasteiger partial charge is 0.255 e. The van der Waals surface area contributed by atoms with Gasteiger partial charge in [-0.2, -0.15) is 0 Å². The molecule has 0 saturated carbocycles. The number of aliphatic hydroxyl groups excluding tert-OH is 4. The van der Waals surface area contributed by atoms with Crippen LogP contribution in [0.1, 0.15) is 88.4 Å². The van der Waals surface area contributed by atoms with Crippen LogP contribution in [0.4, 0.5) is 5.69 Å². The second-order valence-corrected chi connectivity index (χ2v) is 14.0. The number of amides is 1. The minimum atomic E-state index is -0.406. The van der Waals surface area contributed by atoms with Gasteiger partial charge in [0.1, 0.15) is 17.6 Å². The van der Waals surface area contributed by atoms with Gasteiger partial charge in [-0.05, 0) is 90.6 Å². The fourth-order valence-corrected chi connectivity index (χ4v) is 6.99. The summed E-state index contributed by atoms with van der Waals surface area (Å²) in [5, 5.41) is 50.0. The Bertz CT molecular complexity index is 2100. The van der Waals surface area contributed by atoms with Gasteiger partial charge in [0.15, 0.2) is 17.3 Å². The van der Waals surface area contributed by atoms with Gasteiger partial charge >= 0.3 is 0 Å². The van der Waals surface area contributed by atoms with E-state index in [1.165, 1.54) is 0 Å². The van der Waals surface area contributed by atoms with E-state index in [1.807, 2.05) is 43.3 Å². The maximum absolute atomic E-state index is 12.7. The normalized spacial score (nSPS) is 13.5. The van der Waals surface area contributed by atoms with Gasteiger partial charge < -0.3 is 54.5 Å². The van der Waals surface area contributed by atoms with Crippen molar-refractivity contribution in [3.63, 3.8) is 0 Å². The number of benzene rings is 4. The van der Waals surface area contributed by atoms with Gasteiger partial charge in [-0.15, -0.1) is 0 Å². The number of hydrogen-bond donors (Lipinski definition) is 6. The summed E-state index contributed by atoms with van der Waals surface area (Å²) in [5.74, 6) is 2.42. The van der Waals surface area contributed by atoms with Crippen LogP contribution in [0.3, 0.4) is 0 Å². The number of aryl methyl sites for hydroxylation is 1. The molecule has 1 aromatic heterocycles. The Kier molecular flexibility index (Phi) is 14.0. The van der Waals surface area contributed by atoms with Crippen molar-refractivity contribution < 1.29 is 48.7 Å². The summed E-state index contributed by atoms with van der Waals surface area (Å²) in [7, 11) is 3.12. The highest BCUT2D eigenvalue weighted by molar-refractivity contribution is 6.01. The molecule has 1 amide bonds. The van der Waals surface area contributed by atoms with Crippen LogP contribution in [0.25, 0.3) is 22.6 Å². The zero-order valence-electron chi connectivity index (χ0n) is 32.6. The molecule has 1 atom stereocenters. The number of fused-ring (bicyclic) bond motifs is 1. The van der Waals surface area contributed by atoms with Crippen molar-refractivity contribution >= 4 is 11.6 Å². The number of hydrogen-bond acceptors (Lipinski definition) is 12. The Balaban J connectivity index is 0.939. The van der Waals surface area contributed by atoms with Gasteiger partial charge in [-0.25, -0.2) is 0 Å². The number of anilines is 1. The summed E-state index contributed by atoms with van der Waals surface area (Å²) in [6.45, 7) is 1.92. The molecule has 0 radical (unpaired) electrons. The summed E-state index contributed by atoms with van der Waals surface area (Å²) >= 11 is 0. The molecule has 0 fully saturated rings. The molecule has 5 aromatic rings. The minimum absolute atomic E-state index is 0.135. The quantitative estimate of drug-likeness (QED) is 0.0447. The van der Waals surface area contributed by atoms with Crippen LogP contribution in [0.2, 0.25) is 0 Å². The van der Waals surface area contributed by atoms with E-state index in [1.54, 1.807) is 44.6 Å². The van der Waals surface area contributed by atoms with Crippen LogP contribution >= 0.6 is 0 Å². The van der Waals surface area contributed by atoms with Crippen molar-refractivity contribution in [3.8, 4) is 45.6 Å². The molecule has 1 unspecified atom stereocenters. The second kappa shape index (κ2) is 19.5. The van der Waals surface area contributed by atoms with Crippen molar-refractivity contribution in [2.24, 2.45) is 0 Å². The lowest BCUT2D eigenvalue weighted by molar-refractivity contribution is 0.0935. The highest BCUT2D eigenvalue weighted by Gasteiger charge is 2.25. The molecular formula is C44H51N3O10. The number of methoxy groups -OCH3 is 2. The molecule has 1 aliphatic heterocycles. The molecule has 13 nitrogen and oxygen atoms in total. The lowest BCUT2D eigenvalue weighted by Crippen LogP contribution is -2.38. The van der Waals surface area contributed by atoms with E-state index in [0.29, 0.717) is 86.6 Å². The molecule has 0 spiro atoms. The Morgan fingerprint density at radius 1 is 0.667 bits per heavy atom. The van der Waals surface area contributed by atoms with E-state index in [-0.39, 0.29) is 32.3 Å². The average molecular weight is 782 g/mol. The Labute approximate surface area is 332 Å². The van der Waals surface area contributed by atoms with E-state index < -0.39 is 6.17 Å². The average Bonchev–Trinajstić information content (AvgIpc) is 3.74. The van der Waals surface area contributed by atoms with Crippen LogP contribution in [0.15, 0.2) is 71.3 Å². The Morgan fingerprint density at radius 2 is 1.32 bits per heavy atom. The first kappa shape index (κ1) is 41.0. The molecule has 0 saturated heterocycles. The zero-order valence-corrected chi connectivity index (χ0v) is 32.6. The van der Waals surface area contributed by atoms with Crippen molar-refractivity contribution in [2.45, 2.75) is 78.0 Å². The third kappa shape index (κ3) is 9.69. The number of aromatic nitrogens is 1. The molecule has 302 valence electrons. The first-order valence-corrected chi connectivity index (χ1v) is 19.2. The third-order valence-corrected chi connectivity index (χ3v) is 10.1. The fourth-order valence-electron chi connectivity index (χ4n) is 6.99. The number of aliphatic hydroxyl groups is 4. The van der Waals surface area contributed by atoms with Gasteiger partial charge in [0.05, 0.1) is 59.4 Å². The van der Waals surface area contributed by atoms with Crippen LogP contribution in [-0.4, -0.2) is 58.9 Å². The summed E-state index contributed by atoms with van der Waals surface area (Å²) in [5.41, 5.74) is 7.22. The molecule has 6 N–H and O–H groups in total. The Morgan fingerprint density at radius 3 is 1.95 bits per heavy atom. The second-order valence-electron chi connectivity index (χ2n) is 14.0. The number of rotatable bonds is 20. The van der Waals surface area contributed by atoms with Gasteiger partial charge in [0, 0.05) is 28.4 Å². The van der Waals surface area contributed by atoms with Gasteiger partial charge in [-0.3, -0.25) is 4.79 Å². The van der Waals surface area contributed by atoms with Gasteiger partial charge in [0.25, 0.3) is 5.91 Å². The highest BCUT2D eigenvalue weighted by Crippen LogP contribution is 2.42. The first-order valence-electron chi connectivity index (χ1n) is 19.2. The fraction of sp³-hybridized carbons (Fsp3) is 0.364. The summed E-state index contributed by atoms with van der Waals surface area (Å²) < 4.78 is 29.2. The predicted molar refractivity (Wildman–Crippen MR) is 214 cm³/mol. The topological polar surface area (TPSA) is 185 Å². The summed E-state index contributed by atoms with van der Waals surface area (Å²) in [4.78, 5) is 12.7. The Hall–Kier alpha value is -5.60. The van der Waals surface area contributed by atoms with Gasteiger partial charge in [0.2, 0.25) is 5.75 Å². The molecule has 57 heavy (non-hydrogen) atoms. The standard InChI is InChI=1S/C44H51N3O10/c1-27-10-12-36-34(16-27)44(52)46-43(45-36)28-11-13-38(33(17-28)25-50)55-14-8-6-4-5-7-9-15-56-42-40(53-2)20-30(21-41(42)54-3)39-22-37(47-57-39)29-18-31(23-48)35(26-51)32(19-29)24-49/h10-13,16-22,43,45,48-51H,4-9,14-15,23-26H2,1-3H3,(H,46,52). The molecule has 0 bridgehead atoms. The monoisotopic (exact) mass is 781 g/mol. The maximum Gasteiger partial charge on any atom is 0.255 e. The van der Waals surface area contributed by atoms with Crippen LogP contribution in [0.5, 0.6) is 23.0 Å². The number of carbonyl (C=O) groups is 1. The number of ether oxygens (including phenoxy) is 4. The van der Waals surface area contributed by atoms with E-state index in [2.05, 4.69) is 15.8 Å². The van der Waals surface area contributed by atoms with Crippen molar-refractivity contribution in [1.29, 1.82) is 0 Å². The lowest BCUT2D eigenvalue weighted by Gasteiger charge is -2.29. The highest BCUT2D eigenvalue weighted by atomic mass is 16.5. The minimum Gasteiger partial charge on any atom is -0.493 e. The number of carbonyl (C=O) groups excluding carboxylic acids is 1. The summed E-state index contributed by atoms with van der Waals surface area (Å²) in [6.07, 6.45) is 5.43. The molecule has 13 heteroatoms. The predicted octanol–water partition coefficient (Wildman–Crippen LogP) is 6.96. The molecule has 4 aromatic carbocycles. The van der Waals surface area contributed by atoms with Crippen molar-refractivity contribution in [3.05, 3.63) is 106 Å². The number of nitrogens with zero attached hydrogens (tertiary/aromatic N) is 1. The van der Waals surface area contributed by atoms with Crippen molar-refractivity contribution in [2.75, 3.05) is 32.8 Å². The summed E-state index contributed by atoms with van der Waals surface area (Å²) in [6, 6.07) is 20.1. The van der Waals surface area contributed by atoms with E-state index in [9.17, 15) is 25.2 Å². The van der Waals surface area contributed by atoms with E-state index >= 15 is 0 Å². The lowest BCUT2D eigenvalue weighted by atomic mass is 9.97. The third-order valence-electron chi connectivity index (χ3n) is 10.1. The van der Waals surface area contributed by atoms with Crippen LogP contribution in [-0.2, 0) is 26.4 Å². The maximum atomic E-state index is 12.7. The molecule has 1 aliphatic rings. The SMILES string of the molecule is COc1cc(-c2cc(-c3cc(CO)c(CO)c(CO)c3)no2)cc(OC)c1OCCCCCCCCOc1ccc(C2NC(=O)c3cc(C)ccc3N2)cc1CO. The van der Waals surface area contributed by atoms with E-state index in [0.717, 1.165) is 55.3 Å². The number of unbranched alkanes of at least 4 members (excludes halogenated alkanes) is 5. The van der Waals surface area contributed by atoms with Crippen molar-refractivity contribution in [1.82, 2.24) is 10.5 Å². The zero-order chi connectivity index (χ0) is 40.3. The number of nitrogens with one attached hydrogen (secondary N) is 2.